The zero-order valence-electron chi connectivity index (χ0n) is 15.9. The van der Waals surface area contributed by atoms with Gasteiger partial charge in [-0.1, -0.05) is 18.2 Å². The molecule has 1 aromatic heterocycles. The van der Waals surface area contributed by atoms with Crippen molar-refractivity contribution in [3.8, 4) is 0 Å². The molecule has 0 spiro atoms. The summed E-state index contributed by atoms with van der Waals surface area (Å²) in [4.78, 5) is 23.0. The summed E-state index contributed by atoms with van der Waals surface area (Å²) in [5.74, 6) is -0.230. The number of hydrogen-bond acceptors (Lipinski definition) is 5. The van der Waals surface area contributed by atoms with Gasteiger partial charge in [-0.25, -0.2) is 14.4 Å². The molecule has 1 amide bonds. The molecule has 29 heavy (non-hydrogen) atoms. The predicted molar refractivity (Wildman–Crippen MR) is 112 cm³/mol. The molecule has 1 aliphatic heterocycles. The molecule has 2 N–H and O–H groups in total. The largest absolute Gasteiger partial charge is 0.372 e. The van der Waals surface area contributed by atoms with Crippen LogP contribution in [0, 0.1) is 5.82 Å². The smallest absolute Gasteiger partial charge is 0.258 e. The Labute approximate surface area is 168 Å². The standard InChI is InChI=1S/C22H22FN5O/c23-20-6-2-1-5-16(20)13-24-22-25-14-17(15-26-22)21(29)27-18-7-9-19(10-8-18)28-11-3-4-12-28/h1-2,5-10,14-15H,3-4,11-13H2,(H,27,29)(H,24,25,26). The second-order valence-electron chi connectivity index (χ2n) is 6.94. The van der Waals surface area contributed by atoms with E-state index in [0.717, 1.165) is 18.8 Å². The molecule has 1 aliphatic rings. The quantitative estimate of drug-likeness (QED) is 0.663. The number of halogens is 1. The van der Waals surface area contributed by atoms with Crippen LogP contribution in [0.2, 0.25) is 0 Å². The fourth-order valence-corrected chi connectivity index (χ4v) is 3.29. The topological polar surface area (TPSA) is 70.2 Å². The first kappa shape index (κ1) is 18.9. The van der Waals surface area contributed by atoms with Gasteiger partial charge in [0.25, 0.3) is 5.91 Å². The lowest BCUT2D eigenvalue weighted by Gasteiger charge is -2.17. The van der Waals surface area contributed by atoms with Gasteiger partial charge >= 0.3 is 0 Å². The average molecular weight is 391 g/mol. The molecule has 7 heteroatoms. The fourth-order valence-electron chi connectivity index (χ4n) is 3.29. The van der Waals surface area contributed by atoms with E-state index in [4.69, 9.17) is 0 Å². The van der Waals surface area contributed by atoms with E-state index < -0.39 is 0 Å². The third-order valence-electron chi connectivity index (χ3n) is 4.91. The summed E-state index contributed by atoms with van der Waals surface area (Å²) in [6.07, 6.45) is 5.35. The Morgan fingerprint density at radius 2 is 1.69 bits per heavy atom. The Morgan fingerprint density at radius 1 is 1.00 bits per heavy atom. The van der Waals surface area contributed by atoms with Gasteiger partial charge in [0.05, 0.1) is 5.56 Å². The van der Waals surface area contributed by atoms with E-state index in [1.807, 2.05) is 24.3 Å². The van der Waals surface area contributed by atoms with E-state index in [2.05, 4.69) is 25.5 Å². The second kappa shape index (κ2) is 8.68. The molecule has 0 bridgehead atoms. The first-order chi connectivity index (χ1) is 14.2. The first-order valence-electron chi connectivity index (χ1n) is 9.65. The van der Waals surface area contributed by atoms with Gasteiger partial charge in [0.1, 0.15) is 5.82 Å². The lowest BCUT2D eigenvalue weighted by molar-refractivity contribution is 0.102. The Bertz CT molecular complexity index is 969. The summed E-state index contributed by atoms with van der Waals surface area (Å²) in [5.41, 5.74) is 2.77. The van der Waals surface area contributed by atoms with E-state index in [1.54, 1.807) is 18.2 Å². The van der Waals surface area contributed by atoms with E-state index in [9.17, 15) is 9.18 Å². The highest BCUT2D eigenvalue weighted by Gasteiger charge is 2.13. The third kappa shape index (κ3) is 4.68. The molecule has 0 saturated carbocycles. The van der Waals surface area contributed by atoms with Gasteiger partial charge in [0.15, 0.2) is 0 Å². The molecule has 3 aromatic rings. The highest BCUT2D eigenvalue weighted by molar-refractivity contribution is 6.03. The average Bonchev–Trinajstić information content (AvgIpc) is 3.29. The van der Waals surface area contributed by atoms with E-state index in [-0.39, 0.29) is 18.3 Å². The summed E-state index contributed by atoms with van der Waals surface area (Å²) in [6, 6.07) is 14.4. The van der Waals surface area contributed by atoms with Crippen molar-refractivity contribution in [3.05, 3.63) is 77.9 Å². The van der Waals surface area contributed by atoms with Crippen LogP contribution in [0.1, 0.15) is 28.8 Å². The molecule has 1 fully saturated rings. The SMILES string of the molecule is O=C(Nc1ccc(N2CCCC2)cc1)c1cnc(NCc2ccccc2F)nc1. The van der Waals surface area contributed by atoms with Crippen LogP contribution in [0.3, 0.4) is 0 Å². The summed E-state index contributed by atoms with van der Waals surface area (Å²) in [7, 11) is 0. The first-order valence-corrected chi connectivity index (χ1v) is 9.65. The van der Waals surface area contributed by atoms with Crippen molar-refractivity contribution in [2.24, 2.45) is 0 Å². The van der Waals surface area contributed by atoms with Gasteiger partial charge in [-0.05, 0) is 43.2 Å². The number of anilines is 3. The maximum absolute atomic E-state index is 13.6. The van der Waals surface area contributed by atoms with Crippen molar-refractivity contribution < 1.29 is 9.18 Å². The molecule has 0 radical (unpaired) electrons. The summed E-state index contributed by atoms with van der Waals surface area (Å²) in [6.45, 7) is 2.43. The Hall–Kier alpha value is -3.48. The van der Waals surface area contributed by atoms with Gasteiger partial charge in [-0.2, -0.15) is 0 Å². The van der Waals surface area contributed by atoms with Crippen molar-refractivity contribution in [1.82, 2.24) is 9.97 Å². The number of aromatic nitrogens is 2. The zero-order valence-corrected chi connectivity index (χ0v) is 15.9. The van der Waals surface area contributed by atoms with E-state index in [0.29, 0.717) is 17.1 Å². The highest BCUT2D eigenvalue weighted by Crippen LogP contribution is 2.22. The predicted octanol–water partition coefficient (Wildman–Crippen LogP) is 4.08. The maximum atomic E-state index is 13.6. The van der Waals surface area contributed by atoms with Crippen molar-refractivity contribution in [2.75, 3.05) is 28.6 Å². The number of benzene rings is 2. The molecule has 0 aliphatic carbocycles. The van der Waals surface area contributed by atoms with Gasteiger partial charge < -0.3 is 15.5 Å². The molecule has 4 rings (SSSR count). The minimum absolute atomic E-state index is 0.265. The van der Waals surface area contributed by atoms with Crippen LogP contribution >= 0.6 is 0 Å². The number of nitrogens with zero attached hydrogens (tertiary/aromatic N) is 3. The minimum atomic E-state index is -0.285. The monoisotopic (exact) mass is 391 g/mol. The Balaban J connectivity index is 1.33. The van der Waals surface area contributed by atoms with Gasteiger partial charge in [-0.15, -0.1) is 0 Å². The van der Waals surface area contributed by atoms with E-state index in [1.165, 1.54) is 37.0 Å². The number of hydrogen-bond donors (Lipinski definition) is 2. The van der Waals surface area contributed by atoms with Crippen LogP contribution < -0.4 is 15.5 Å². The second-order valence-corrected chi connectivity index (χ2v) is 6.94. The highest BCUT2D eigenvalue weighted by atomic mass is 19.1. The lowest BCUT2D eigenvalue weighted by Crippen LogP contribution is -2.17. The molecule has 148 valence electrons. The number of carbonyl (C=O) groups excluding carboxylic acids is 1. The molecular weight excluding hydrogens is 369 g/mol. The maximum Gasteiger partial charge on any atom is 0.258 e. The van der Waals surface area contributed by atoms with Crippen molar-refractivity contribution in [1.29, 1.82) is 0 Å². The van der Waals surface area contributed by atoms with Crippen molar-refractivity contribution >= 4 is 23.2 Å². The van der Waals surface area contributed by atoms with Gasteiger partial charge in [0, 0.05) is 49.0 Å². The number of rotatable bonds is 6. The molecule has 0 atom stereocenters. The third-order valence-corrected chi connectivity index (χ3v) is 4.91. The van der Waals surface area contributed by atoms with E-state index >= 15 is 0 Å². The van der Waals surface area contributed by atoms with Crippen LogP contribution in [-0.4, -0.2) is 29.0 Å². The van der Waals surface area contributed by atoms with Crippen LogP contribution in [0.15, 0.2) is 60.9 Å². The van der Waals surface area contributed by atoms with Crippen LogP contribution in [0.5, 0.6) is 0 Å². The van der Waals surface area contributed by atoms with Gasteiger partial charge in [-0.3, -0.25) is 4.79 Å². The molecule has 1 saturated heterocycles. The molecular formula is C22H22FN5O. The van der Waals surface area contributed by atoms with Crippen molar-refractivity contribution in [2.45, 2.75) is 19.4 Å². The lowest BCUT2D eigenvalue weighted by atomic mass is 10.2. The van der Waals surface area contributed by atoms with Crippen LogP contribution in [0.4, 0.5) is 21.7 Å². The molecule has 0 unspecified atom stereocenters. The summed E-state index contributed by atoms with van der Waals surface area (Å²) in [5, 5.41) is 5.81. The molecule has 2 aromatic carbocycles. The zero-order chi connectivity index (χ0) is 20.1. The molecule has 6 nitrogen and oxygen atoms in total. The summed E-state index contributed by atoms with van der Waals surface area (Å²) < 4.78 is 13.6. The summed E-state index contributed by atoms with van der Waals surface area (Å²) >= 11 is 0. The molecule has 2 heterocycles. The fraction of sp³-hybridized carbons (Fsp3) is 0.227. The number of carbonyl (C=O) groups is 1. The van der Waals surface area contributed by atoms with Crippen LogP contribution in [0.25, 0.3) is 0 Å². The normalized spacial score (nSPS) is 13.3. The van der Waals surface area contributed by atoms with Crippen molar-refractivity contribution in [3.63, 3.8) is 0 Å². The van der Waals surface area contributed by atoms with Crippen LogP contribution in [-0.2, 0) is 6.54 Å². The number of nitrogens with one attached hydrogen (secondary N) is 2. The Kier molecular flexibility index (Phi) is 5.65. The number of amides is 1. The Morgan fingerprint density at radius 3 is 2.38 bits per heavy atom. The van der Waals surface area contributed by atoms with Gasteiger partial charge in [0.2, 0.25) is 5.95 Å². The minimum Gasteiger partial charge on any atom is -0.372 e.